The summed E-state index contributed by atoms with van der Waals surface area (Å²) in [6, 6.07) is 30.3. The lowest BCUT2D eigenvalue weighted by molar-refractivity contribution is -0.137. The molecule has 0 saturated carbocycles. The number of rotatable bonds is 11. The van der Waals surface area contributed by atoms with Crippen molar-refractivity contribution in [2.45, 2.75) is 44.1 Å². The van der Waals surface area contributed by atoms with Crippen molar-refractivity contribution in [3.63, 3.8) is 0 Å². The van der Waals surface area contributed by atoms with Crippen LogP contribution in [0.1, 0.15) is 65.6 Å². The zero-order chi connectivity index (χ0) is 27.1. The van der Waals surface area contributed by atoms with Crippen LogP contribution in [0.2, 0.25) is 0 Å². The maximum absolute atomic E-state index is 12.8. The highest BCUT2D eigenvalue weighted by atomic mass is 16.5. The molecular formula is C34H33NO4. The summed E-state index contributed by atoms with van der Waals surface area (Å²) in [6.45, 7) is 0.609. The molecule has 4 aromatic carbocycles. The Hall–Kier alpha value is -4.38. The maximum Gasteiger partial charge on any atom is 0.303 e. The molecule has 39 heavy (non-hydrogen) atoms. The minimum Gasteiger partial charge on any atom is -0.481 e. The zero-order valence-electron chi connectivity index (χ0n) is 21.9. The van der Waals surface area contributed by atoms with E-state index in [2.05, 4.69) is 41.7 Å². The predicted molar refractivity (Wildman–Crippen MR) is 155 cm³/mol. The topological polar surface area (TPSA) is 75.6 Å². The van der Waals surface area contributed by atoms with Crippen LogP contribution in [0, 0.1) is 0 Å². The first kappa shape index (κ1) is 26.2. The first-order valence-corrected chi connectivity index (χ1v) is 13.6. The van der Waals surface area contributed by atoms with Crippen LogP contribution in [0.15, 0.2) is 97.1 Å². The molecule has 198 valence electrons. The van der Waals surface area contributed by atoms with E-state index >= 15 is 0 Å². The Morgan fingerprint density at radius 3 is 2.13 bits per heavy atom. The van der Waals surface area contributed by atoms with Gasteiger partial charge in [0.1, 0.15) is 5.75 Å². The molecule has 4 aromatic rings. The minimum absolute atomic E-state index is 0.0838. The van der Waals surface area contributed by atoms with Crippen LogP contribution in [0.4, 0.5) is 0 Å². The summed E-state index contributed by atoms with van der Waals surface area (Å²) in [6.07, 6.45) is 8.95. The standard InChI is InChI=1S/C34H33NO4/c36-32(37)16-10-2-1-3-11-23-35-33(38)26-17-19-29-25(24-26)18-20-31-30(29)21-22-34(39-31,27-12-6-4-7-13-27)28-14-8-5-9-15-28/h4-9,12-15,17-22,24H,1-3,10-11,16,23H2,(H,35,38)(H,36,37). The molecule has 0 spiro atoms. The summed E-state index contributed by atoms with van der Waals surface area (Å²) in [5.41, 5.74) is 3.03. The van der Waals surface area contributed by atoms with E-state index in [1.54, 1.807) is 0 Å². The molecule has 0 fully saturated rings. The van der Waals surface area contributed by atoms with E-state index < -0.39 is 11.6 Å². The third-order valence-corrected chi connectivity index (χ3v) is 7.30. The van der Waals surface area contributed by atoms with Crippen molar-refractivity contribution in [1.82, 2.24) is 5.32 Å². The molecule has 1 heterocycles. The van der Waals surface area contributed by atoms with Gasteiger partial charge in [0.15, 0.2) is 5.60 Å². The van der Waals surface area contributed by atoms with Gasteiger partial charge in [-0.05, 0) is 54.0 Å². The molecule has 1 aliphatic rings. The molecular weight excluding hydrogens is 486 g/mol. The van der Waals surface area contributed by atoms with Crippen LogP contribution in [-0.2, 0) is 10.4 Å². The van der Waals surface area contributed by atoms with Gasteiger partial charge < -0.3 is 15.2 Å². The quantitative estimate of drug-likeness (QED) is 0.203. The minimum atomic E-state index is -0.741. The van der Waals surface area contributed by atoms with Gasteiger partial charge in [0.25, 0.3) is 5.91 Å². The van der Waals surface area contributed by atoms with E-state index in [4.69, 9.17) is 9.84 Å². The lowest BCUT2D eigenvalue weighted by Crippen LogP contribution is -2.34. The zero-order valence-corrected chi connectivity index (χ0v) is 21.9. The molecule has 5 heteroatoms. The first-order valence-electron chi connectivity index (χ1n) is 13.6. The highest BCUT2D eigenvalue weighted by Crippen LogP contribution is 2.44. The molecule has 0 aromatic heterocycles. The number of aliphatic carboxylic acids is 1. The summed E-state index contributed by atoms with van der Waals surface area (Å²) in [5, 5.41) is 13.7. The number of nitrogens with one attached hydrogen (secondary N) is 1. The molecule has 1 aliphatic heterocycles. The van der Waals surface area contributed by atoms with Crippen LogP contribution >= 0.6 is 0 Å². The molecule has 5 rings (SSSR count). The number of hydrogen-bond donors (Lipinski definition) is 2. The van der Waals surface area contributed by atoms with E-state index in [1.165, 1.54) is 0 Å². The number of fused-ring (bicyclic) bond motifs is 3. The van der Waals surface area contributed by atoms with Crippen LogP contribution in [0.25, 0.3) is 16.8 Å². The molecule has 1 amide bonds. The fourth-order valence-electron chi connectivity index (χ4n) is 5.23. The number of unbranched alkanes of at least 4 members (excludes halogenated alkanes) is 4. The van der Waals surface area contributed by atoms with Gasteiger partial charge in [-0.1, -0.05) is 92.1 Å². The van der Waals surface area contributed by atoms with Crippen LogP contribution in [0.3, 0.4) is 0 Å². The molecule has 5 nitrogen and oxygen atoms in total. The lowest BCUT2D eigenvalue weighted by Gasteiger charge is -2.36. The van der Waals surface area contributed by atoms with Crippen LogP contribution in [0.5, 0.6) is 5.75 Å². The number of carboxylic acids is 1. The van der Waals surface area contributed by atoms with Gasteiger partial charge in [-0.2, -0.15) is 0 Å². The summed E-state index contributed by atoms with van der Waals surface area (Å²) in [4.78, 5) is 23.3. The normalized spacial score (nSPS) is 13.4. The average molecular weight is 520 g/mol. The number of carboxylic acid groups (broad SMARTS) is 1. The van der Waals surface area contributed by atoms with Gasteiger partial charge in [0.2, 0.25) is 0 Å². The van der Waals surface area contributed by atoms with E-state index in [0.717, 1.165) is 58.9 Å². The Labute approximate surface area is 229 Å². The number of amides is 1. The first-order chi connectivity index (χ1) is 19.1. The van der Waals surface area contributed by atoms with E-state index in [1.807, 2.05) is 66.7 Å². The van der Waals surface area contributed by atoms with Crippen LogP contribution in [-0.4, -0.2) is 23.5 Å². The number of ether oxygens (including phenoxy) is 1. The summed E-state index contributed by atoms with van der Waals surface area (Å²) in [5.74, 6) is -0.0214. The van der Waals surface area contributed by atoms with Crippen molar-refractivity contribution in [3.05, 3.63) is 119 Å². The number of hydrogen-bond acceptors (Lipinski definition) is 3. The van der Waals surface area contributed by atoms with Crippen molar-refractivity contribution in [1.29, 1.82) is 0 Å². The van der Waals surface area contributed by atoms with E-state index in [0.29, 0.717) is 18.5 Å². The van der Waals surface area contributed by atoms with Crippen molar-refractivity contribution in [3.8, 4) is 5.75 Å². The SMILES string of the molecule is O=C(O)CCCCCCCNC(=O)c1ccc2c3c(ccc2c1)OC(c1ccccc1)(c1ccccc1)C=C3. The van der Waals surface area contributed by atoms with E-state index in [9.17, 15) is 9.59 Å². The third-order valence-electron chi connectivity index (χ3n) is 7.30. The Bertz CT molecular complexity index is 1440. The van der Waals surface area contributed by atoms with Gasteiger partial charge >= 0.3 is 5.97 Å². The Kier molecular flexibility index (Phi) is 8.07. The van der Waals surface area contributed by atoms with Crippen molar-refractivity contribution < 1.29 is 19.4 Å². The maximum atomic E-state index is 12.8. The lowest BCUT2D eigenvalue weighted by atomic mass is 9.83. The predicted octanol–water partition coefficient (Wildman–Crippen LogP) is 7.34. The second-order valence-electron chi connectivity index (χ2n) is 9.98. The fraction of sp³-hybridized carbons (Fsp3) is 0.235. The average Bonchev–Trinajstić information content (AvgIpc) is 2.98. The fourth-order valence-corrected chi connectivity index (χ4v) is 5.23. The summed E-state index contributed by atoms with van der Waals surface area (Å²) < 4.78 is 6.79. The van der Waals surface area contributed by atoms with Crippen molar-refractivity contribution in [2.24, 2.45) is 0 Å². The van der Waals surface area contributed by atoms with Gasteiger partial charge in [-0.15, -0.1) is 0 Å². The highest BCUT2D eigenvalue weighted by molar-refractivity contribution is 6.01. The van der Waals surface area contributed by atoms with Gasteiger partial charge in [0, 0.05) is 35.2 Å². The number of carbonyl (C=O) groups is 2. The molecule has 0 aliphatic carbocycles. The molecule has 0 saturated heterocycles. The summed E-state index contributed by atoms with van der Waals surface area (Å²) in [7, 11) is 0. The largest absolute Gasteiger partial charge is 0.481 e. The molecule has 0 atom stereocenters. The Balaban J connectivity index is 1.29. The molecule has 0 radical (unpaired) electrons. The van der Waals surface area contributed by atoms with Crippen LogP contribution < -0.4 is 10.1 Å². The van der Waals surface area contributed by atoms with E-state index in [-0.39, 0.29) is 12.3 Å². The molecule has 0 unspecified atom stereocenters. The molecule has 2 N–H and O–H groups in total. The number of benzene rings is 4. The van der Waals surface area contributed by atoms with Crippen molar-refractivity contribution >= 4 is 28.7 Å². The Morgan fingerprint density at radius 1 is 0.769 bits per heavy atom. The monoisotopic (exact) mass is 519 g/mol. The Morgan fingerprint density at radius 2 is 1.44 bits per heavy atom. The van der Waals surface area contributed by atoms with Crippen molar-refractivity contribution in [2.75, 3.05) is 6.54 Å². The number of carbonyl (C=O) groups excluding carboxylic acids is 1. The summed E-state index contributed by atoms with van der Waals surface area (Å²) >= 11 is 0. The second kappa shape index (κ2) is 12.0. The van der Waals surface area contributed by atoms with Gasteiger partial charge in [0.05, 0.1) is 0 Å². The highest BCUT2D eigenvalue weighted by Gasteiger charge is 2.37. The van der Waals surface area contributed by atoms with Gasteiger partial charge in [-0.25, -0.2) is 0 Å². The smallest absolute Gasteiger partial charge is 0.303 e. The molecule has 0 bridgehead atoms. The second-order valence-corrected chi connectivity index (χ2v) is 9.98. The third kappa shape index (κ3) is 5.88. The van der Waals surface area contributed by atoms with Gasteiger partial charge in [-0.3, -0.25) is 9.59 Å².